The lowest BCUT2D eigenvalue weighted by molar-refractivity contribution is -0.119. The van der Waals surface area contributed by atoms with Crippen molar-refractivity contribution in [2.24, 2.45) is 0 Å². The monoisotopic (exact) mass is 398 g/mol. The van der Waals surface area contributed by atoms with Crippen LogP contribution in [-0.2, 0) is 4.79 Å². The van der Waals surface area contributed by atoms with Gasteiger partial charge in [0.25, 0.3) is 0 Å². The molecule has 3 aromatic rings. The molecule has 1 N–H and O–H groups in total. The van der Waals surface area contributed by atoms with Gasteiger partial charge in [-0.05, 0) is 34.5 Å². The molecule has 0 aliphatic rings. The minimum atomic E-state index is -0.489. The molecular formula is C17H15BrN6O. The van der Waals surface area contributed by atoms with Crippen LogP contribution >= 0.6 is 15.9 Å². The second-order valence-corrected chi connectivity index (χ2v) is 6.23. The van der Waals surface area contributed by atoms with Crippen LogP contribution in [0, 0.1) is 11.3 Å². The van der Waals surface area contributed by atoms with Gasteiger partial charge >= 0.3 is 0 Å². The Hall–Kier alpha value is -2.92. The molecule has 1 atom stereocenters. The van der Waals surface area contributed by atoms with Gasteiger partial charge in [-0.3, -0.25) is 9.48 Å². The number of rotatable bonds is 5. The number of carbonyl (C=O) groups is 1. The van der Waals surface area contributed by atoms with Crippen molar-refractivity contribution >= 4 is 27.7 Å². The Morgan fingerprint density at radius 1 is 1.32 bits per heavy atom. The molecule has 0 bridgehead atoms. The number of nitriles is 1. The summed E-state index contributed by atoms with van der Waals surface area (Å²) in [5.74, 6) is 0.0932. The summed E-state index contributed by atoms with van der Waals surface area (Å²) in [5, 5.41) is 20.6. The van der Waals surface area contributed by atoms with Crippen LogP contribution < -0.4 is 5.32 Å². The normalized spacial score (nSPS) is 11.7. The van der Waals surface area contributed by atoms with Crippen molar-refractivity contribution in [1.82, 2.24) is 19.6 Å². The SMILES string of the molecule is CCC(C(=O)Nc1c(C#N)cnn1-c1ccccc1)n1cc(Br)cn1. The van der Waals surface area contributed by atoms with Gasteiger partial charge in [0.2, 0.25) is 5.91 Å². The zero-order chi connectivity index (χ0) is 17.8. The minimum Gasteiger partial charge on any atom is -0.308 e. The second kappa shape index (κ2) is 7.32. The molecular weight excluding hydrogens is 384 g/mol. The van der Waals surface area contributed by atoms with Crippen LogP contribution in [-0.4, -0.2) is 25.5 Å². The maximum Gasteiger partial charge on any atom is 0.250 e. The van der Waals surface area contributed by atoms with Gasteiger partial charge in [0.1, 0.15) is 17.7 Å². The van der Waals surface area contributed by atoms with Gasteiger partial charge in [0, 0.05) is 6.20 Å². The lowest BCUT2D eigenvalue weighted by Gasteiger charge is -2.16. The van der Waals surface area contributed by atoms with Crippen LogP contribution in [0.25, 0.3) is 5.69 Å². The summed E-state index contributed by atoms with van der Waals surface area (Å²) < 4.78 is 3.93. The zero-order valence-electron chi connectivity index (χ0n) is 13.4. The van der Waals surface area contributed by atoms with E-state index in [1.807, 2.05) is 37.3 Å². The molecule has 0 saturated carbocycles. The van der Waals surface area contributed by atoms with Crippen molar-refractivity contribution < 1.29 is 4.79 Å². The van der Waals surface area contributed by atoms with Gasteiger partial charge in [0.15, 0.2) is 5.82 Å². The molecule has 7 nitrogen and oxygen atoms in total. The van der Waals surface area contributed by atoms with Crippen LogP contribution in [0.3, 0.4) is 0 Å². The molecule has 0 fully saturated rings. The number of nitrogens with zero attached hydrogens (tertiary/aromatic N) is 5. The number of hydrogen-bond donors (Lipinski definition) is 1. The van der Waals surface area contributed by atoms with Crippen molar-refractivity contribution in [2.45, 2.75) is 19.4 Å². The van der Waals surface area contributed by atoms with Gasteiger partial charge in [-0.1, -0.05) is 25.1 Å². The molecule has 8 heteroatoms. The number of anilines is 1. The molecule has 2 heterocycles. The van der Waals surface area contributed by atoms with Crippen LogP contribution in [0.5, 0.6) is 0 Å². The maximum atomic E-state index is 12.8. The fourth-order valence-corrected chi connectivity index (χ4v) is 2.79. The summed E-state index contributed by atoms with van der Waals surface area (Å²) in [6, 6.07) is 10.9. The molecule has 2 aromatic heterocycles. The minimum absolute atomic E-state index is 0.257. The van der Waals surface area contributed by atoms with Crippen molar-refractivity contribution in [2.75, 3.05) is 5.32 Å². The third-order valence-electron chi connectivity index (χ3n) is 3.71. The van der Waals surface area contributed by atoms with E-state index in [0.29, 0.717) is 17.8 Å². The van der Waals surface area contributed by atoms with Gasteiger partial charge in [0.05, 0.1) is 22.6 Å². The van der Waals surface area contributed by atoms with Crippen molar-refractivity contribution in [3.8, 4) is 11.8 Å². The Balaban J connectivity index is 1.93. The Morgan fingerprint density at radius 2 is 2.08 bits per heavy atom. The van der Waals surface area contributed by atoms with Gasteiger partial charge in [-0.15, -0.1) is 0 Å². The summed E-state index contributed by atoms with van der Waals surface area (Å²) in [5.41, 5.74) is 1.06. The molecule has 0 radical (unpaired) electrons. The Kier molecular flexibility index (Phi) is 4.95. The summed E-state index contributed by atoms with van der Waals surface area (Å²) >= 11 is 3.33. The van der Waals surface area contributed by atoms with Gasteiger partial charge < -0.3 is 5.32 Å². The van der Waals surface area contributed by atoms with Crippen LogP contribution in [0.4, 0.5) is 5.82 Å². The highest BCUT2D eigenvalue weighted by Gasteiger charge is 2.23. The lowest BCUT2D eigenvalue weighted by Crippen LogP contribution is -2.27. The molecule has 0 spiro atoms. The fourth-order valence-electron chi connectivity index (χ4n) is 2.49. The van der Waals surface area contributed by atoms with E-state index in [1.54, 1.807) is 21.8 Å². The van der Waals surface area contributed by atoms with Gasteiger partial charge in [-0.25, -0.2) is 4.68 Å². The summed E-state index contributed by atoms with van der Waals surface area (Å²) in [6.45, 7) is 1.90. The summed E-state index contributed by atoms with van der Waals surface area (Å²) in [6.07, 6.45) is 5.37. The van der Waals surface area contributed by atoms with E-state index >= 15 is 0 Å². The van der Waals surface area contributed by atoms with Crippen LogP contribution in [0.15, 0.2) is 53.4 Å². The fraction of sp³-hybridized carbons (Fsp3) is 0.176. The first kappa shape index (κ1) is 16.9. The van der Waals surface area contributed by atoms with E-state index in [2.05, 4.69) is 37.5 Å². The lowest BCUT2D eigenvalue weighted by atomic mass is 10.2. The van der Waals surface area contributed by atoms with E-state index in [9.17, 15) is 10.1 Å². The molecule has 25 heavy (non-hydrogen) atoms. The molecule has 0 aliphatic carbocycles. The number of aromatic nitrogens is 4. The number of carbonyl (C=O) groups excluding carboxylic acids is 1. The topological polar surface area (TPSA) is 88.5 Å². The average molecular weight is 399 g/mol. The van der Waals surface area contributed by atoms with Crippen LogP contribution in [0.1, 0.15) is 24.9 Å². The van der Waals surface area contributed by atoms with Crippen LogP contribution in [0.2, 0.25) is 0 Å². The summed E-state index contributed by atoms with van der Waals surface area (Å²) in [4.78, 5) is 12.8. The van der Waals surface area contributed by atoms with Crippen molar-refractivity contribution in [3.63, 3.8) is 0 Å². The first-order valence-electron chi connectivity index (χ1n) is 7.68. The number of hydrogen-bond acceptors (Lipinski definition) is 4. The third-order valence-corrected chi connectivity index (χ3v) is 4.12. The Labute approximate surface area is 153 Å². The van der Waals surface area contributed by atoms with Crippen molar-refractivity contribution in [3.05, 3.63) is 59.0 Å². The number of benzene rings is 1. The highest BCUT2D eigenvalue weighted by molar-refractivity contribution is 9.10. The largest absolute Gasteiger partial charge is 0.308 e. The molecule has 0 aliphatic heterocycles. The molecule has 126 valence electrons. The molecule has 0 saturated heterocycles. The standard InChI is InChI=1S/C17H15BrN6O/c1-2-15(23-11-13(18)10-20-23)17(25)22-16-12(8-19)9-21-24(16)14-6-4-3-5-7-14/h3-7,9-11,15H,2H2,1H3,(H,22,25). The molecule has 1 aromatic carbocycles. The van der Waals surface area contributed by atoms with Gasteiger partial charge in [-0.2, -0.15) is 15.5 Å². The predicted octanol–water partition coefficient (Wildman–Crippen LogP) is 3.29. The molecule has 1 amide bonds. The smallest absolute Gasteiger partial charge is 0.250 e. The van der Waals surface area contributed by atoms with E-state index in [-0.39, 0.29) is 5.91 Å². The Bertz CT molecular complexity index is 924. The van der Waals surface area contributed by atoms with E-state index in [1.165, 1.54) is 6.20 Å². The number of amides is 1. The predicted molar refractivity (Wildman–Crippen MR) is 96.2 cm³/mol. The van der Waals surface area contributed by atoms with E-state index in [4.69, 9.17) is 0 Å². The van der Waals surface area contributed by atoms with E-state index in [0.717, 1.165) is 10.2 Å². The highest BCUT2D eigenvalue weighted by Crippen LogP contribution is 2.22. The number of nitrogens with one attached hydrogen (secondary N) is 1. The molecule has 3 rings (SSSR count). The maximum absolute atomic E-state index is 12.8. The third kappa shape index (κ3) is 3.46. The summed E-state index contributed by atoms with van der Waals surface area (Å²) in [7, 11) is 0. The number of halogens is 1. The first-order chi connectivity index (χ1) is 12.1. The van der Waals surface area contributed by atoms with Crippen molar-refractivity contribution in [1.29, 1.82) is 5.26 Å². The average Bonchev–Trinajstić information content (AvgIpc) is 3.22. The Morgan fingerprint density at radius 3 is 2.68 bits per heavy atom. The van der Waals surface area contributed by atoms with E-state index < -0.39 is 6.04 Å². The highest BCUT2D eigenvalue weighted by atomic mass is 79.9. The number of para-hydroxylation sites is 1. The molecule has 1 unspecified atom stereocenters. The first-order valence-corrected chi connectivity index (χ1v) is 8.47. The quantitative estimate of drug-likeness (QED) is 0.713. The second-order valence-electron chi connectivity index (χ2n) is 5.32. The zero-order valence-corrected chi connectivity index (χ0v) is 15.0.